The zero-order valence-electron chi connectivity index (χ0n) is 30.1. The molecule has 0 aliphatic carbocycles. The molecule has 0 radical (unpaired) electrons. The first-order valence-electron chi connectivity index (χ1n) is 18.6. The SMILES string of the molecule is CCCCCCCCCCCCCCCC(=O)N[C@@H](CCCNC(=N)N)C(=O)N[C@@H](CCCNC(=N)N)C(=O)N[C@@H](CCCCN)C(N)=O. The van der Waals surface area contributed by atoms with Crippen LogP contribution in [0.2, 0.25) is 0 Å². The monoisotopic (exact) mass is 696 g/mol. The van der Waals surface area contributed by atoms with E-state index in [0.29, 0.717) is 51.7 Å². The molecule has 0 saturated heterocycles. The highest BCUT2D eigenvalue weighted by atomic mass is 16.2. The van der Waals surface area contributed by atoms with Crippen LogP contribution in [0.3, 0.4) is 0 Å². The maximum Gasteiger partial charge on any atom is 0.243 e. The second-order valence-electron chi connectivity index (χ2n) is 12.9. The van der Waals surface area contributed by atoms with Crippen LogP contribution in [0, 0.1) is 10.8 Å². The maximum atomic E-state index is 13.5. The van der Waals surface area contributed by atoms with E-state index in [4.69, 9.17) is 33.8 Å². The van der Waals surface area contributed by atoms with E-state index >= 15 is 0 Å². The summed E-state index contributed by atoms with van der Waals surface area (Å²) in [4.78, 5) is 51.7. The minimum Gasteiger partial charge on any atom is -0.370 e. The van der Waals surface area contributed by atoms with Crippen LogP contribution < -0.4 is 49.5 Å². The normalized spacial score (nSPS) is 12.7. The average Bonchev–Trinajstić information content (AvgIpc) is 3.05. The highest BCUT2D eigenvalue weighted by Gasteiger charge is 2.28. The average molecular weight is 696 g/mol. The fourth-order valence-corrected chi connectivity index (χ4v) is 5.49. The van der Waals surface area contributed by atoms with Gasteiger partial charge in [0.05, 0.1) is 0 Å². The van der Waals surface area contributed by atoms with Gasteiger partial charge in [0.25, 0.3) is 0 Å². The Labute approximate surface area is 294 Å². The summed E-state index contributed by atoms with van der Waals surface area (Å²) in [7, 11) is 0. The molecule has 0 aliphatic heterocycles. The van der Waals surface area contributed by atoms with E-state index in [2.05, 4.69) is 33.5 Å². The third-order valence-electron chi connectivity index (χ3n) is 8.37. The predicted octanol–water partition coefficient (Wildman–Crippen LogP) is 2.06. The fourth-order valence-electron chi connectivity index (χ4n) is 5.49. The zero-order chi connectivity index (χ0) is 36.7. The first-order chi connectivity index (χ1) is 23.5. The van der Waals surface area contributed by atoms with Gasteiger partial charge in [0.15, 0.2) is 11.9 Å². The van der Waals surface area contributed by atoms with Crippen LogP contribution in [0.25, 0.3) is 0 Å². The number of hydrogen-bond donors (Lipinski definition) is 11. The third-order valence-corrected chi connectivity index (χ3v) is 8.37. The van der Waals surface area contributed by atoms with Crippen molar-refractivity contribution >= 4 is 35.5 Å². The second-order valence-corrected chi connectivity index (χ2v) is 12.9. The number of hydrogen-bond acceptors (Lipinski definition) is 7. The van der Waals surface area contributed by atoms with Gasteiger partial charge < -0.3 is 49.5 Å². The van der Waals surface area contributed by atoms with E-state index in [-0.39, 0.29) is 37.1 Å². The van der Waals surface area contributed by atoms with Crippen molar-refractivity contribution in [1.82, 2.24) is 26.6 Å². The van der Waals surface area contributed by atoms with E-state index in [1.807, 2.05) is 0 Å². The molecule has 0 heterocycles. The number of unbranched alkanes of at least 4 members (excludes halogenated alkanes) is 13. The lowest BCUT2D eigenvalue weighted by atomic mass is 10.0. The topological polar surface area (TPSA) is 280 Å². The van der Waals surface area contributed by atoms with Crippen molar-refractivity contribution in [3.63, 3.8) is 0 Å². The Balaban J connectivity index is 5.12. The first kappa shape index (κ1) is 45.4. The number of primary amides is 1. The molecule has 0 unspecified atom stereocenters. The minimum absolute atomic E-state index is 0.178. The summed E-state index contributed by atoms with van der Waals surface area (Å²) in [5.41, 5.74) is 21.8. The van der Waals surface area contributed by atoms with E-state index in [0.717, 1.165) is 25.7 Å². The Morgan fingerprint density at radius 1 is 0.531 bits per heavy atom. The summed E-state index contributed by atoms with van der Waals surface area (Å²) in [6.07, 6.45) is 18.7. The van der Waals surface area contributed by atoms with Gasteiger partial charge in [-0.1, -0.05) is 84.0 Å². The first-order valence-corrected chi connectivity index (χ1v) is 18.6. The van der Waals surface area contributed by atoms with Crippen LogP contribution in [-0.2, 0) is 19.2 Å². The lowest BCUT2D eigenvalue weighted by Crippen LogP contribution is -2.56. The Morgan fingerprint density at radius 2 is 0.939 bits per heavy atom. The number of rotatable bonds is 32. The van der Waals surface area contributed by atoms with Crippen LogP contribution in [-0.4, -0.2) is 73.3 Å². The van der Waals surface area contributed by atoms with Crippen molar-refractivity contribution in [2.45, 2.75) is 160 Å². The van der Waals surface area contributed by atoms with Gasteiger partial charge in [-0.3, -0.25) is 30.0 Å². The molecule has 0 aromatic rings. The van der Waals surface area contributed by atoms with Gasteiger partial charge in [-0.25, -0.2) is 0 Å². The molecule has 0 fully saturated rings. The summed E-state index contributed by atoms with van der Waals surface area (Å²) >= 11 is 0. The van der Waals surface area contributed by atoms with Gasteiger partial charge in [0.1, 0.15) is 18.1 Å². The number of nitrogens with one attached hydrogen (secondary N) is 7. The van der Waals surface area contributed by atoms with Crippen LogP contribution in [0.15, 0.2) is 0 Å². The van der Waals surface area contributed by atoms with E-state index in [1.54, 1.807) is 0 Å². The Bertz CT molecular complexity index is 951. The molecule has 284 valence electrons. The van der Waals surface area contributed by atoms with Gasteiger partial charge in [-0.2, -0.15) is 0 Å². The highest BCUT2D eigenvalue weighted by molar-refractivity contribution is 5.94. The lowest BCUT2D eigenvalue weighted by Gasteiger charge is -2.25. The lowest BCUT2D eigenvalue weighted by molar-refractivity contribution is -0.133. The molecule has 3 atom stereocenters. The van der Waals surface area contributed by atoms with Gasteiger partial charge in [0, 0.05) is 19.5 Å². The number of nitrogens with two attached hydrogens (primary N) is 4. The zero-order valence-corrected chi connectivity index (χ0v) is 30.1. The number of carbonyl (C=O) groups excluding carboxylic acids is 4. The summed E-state index contributed by atoms with van der Waals surface area (Å²) in [6.45, 7) is 3.30. The Hall–Kier alpha value is -3.62. The number of amides is 4. The molecule has 4 amide bonds. The molecule has 15 heteroatoms. The Kier molecular flexibility index (Phi) is 28.2. The van der Waals surface area contributed by atoms with Gasteiger partial charge >= 0.3 is 0 Å². The van der Waals surface area contributed by atoms with Crippen LogP contribution >= 0.6 is 0 Å². The van der Waals surface area contributed by atoms with Crippen molar-refractivity contribution in [3.05, 3.63) is 0 Å². The number of carbonyl (C=O) groups is 4. The second kappa shape index (κ2) is 30.4. The highest BCUT2D eigenvalue weighted by Crippen LogP contribution is 2.13. The molecule has 0 bridgehead atoms. The molecule has 49 heavy (non-hydrogen) atoms. The summed E-state index contributed by atoms with van der Waals surface area (Å²) < 4.78 is 0. The van der Waals surface area contributed by atoms with Gasteiger partial charge in [-0.15, -0.1) is 0 Å². The number of guanidine groups is 2. The largest absolute Gasteiger partial charge is 0.370 e. The van der Waals surface area contributed by atoms with Gasteiger partial charge in [-0.05, 0) is 57.9 Å². The fraction of sp³-hybridized carbons (Fsp3) is 0.824. The van der Waals surface area contributed by atoms with E-state index < -0.39 is 35.8 Å². The molecule has 15 nitrogen and oxygen atoms in total. The van der Waals surface area contributed by atoms with Crippen LogP contribution in [0.5, 0.6) is 0 Å². The van der Waals surface area contributed by atoms with Crippen molar-refractivity contribution in [1.29, 1.82) is 10.8 Å². The molecule has 0 spiro atoms. The molecule has 0 rings (SSSR count). The van der Waals surface area contributed by atoms with Crippen LogP contribution in [0.1, 0.15) is 142 Å². The van der Waals surface area contributed by atoms with Crippen LogP contribution in [0.4, 0.5) is 0 Å². The van der Waals surface area contributed by atoms with Gasteiger partial charge in [0.2, 0.25) is 23.6 Å². The summed E-state index contributed by atoms with van der Waals surface area (Å²) in [5.74, 6) is -2.47. The smallest absolute Gasteiger partial charge is 0.243 e. The van der Waals surface area contributed by atoms with Crippen molar-refractivity contribution in [3.8, 4) is 0 Å². The minimum atomic E-state index is -1.03. The molecule has 0 saturated carbocycles. The van der Waals surface area contributed by atoms with Crippen molar-refractivity contribution in [2.75, 3.05) is 19.6 Å². The van der Waals surface area contributed by atoms with E-state index in [9.17, 15) is 19.2 Å². The standard InChI is InChI=1S/C34H69N11O4/c1-2-3-4-5-6-7-8-9-10-11-12-13-14-22-29(46)43-27(20-17-24-41-33(37)38)31(48)45-28(21-18-25-42-34(39)40)32(49)44-26(30(36)47)19-15-16-23-35/h26-28H,2-25,35H2,1H3,(H2,36,47)(H,43,46)(H,44,49)(H,45,48)(H4,37,38,41)(H4,39,40,42)/t26-,27-,28-/m0/s1. The maximum absolute atomic E-state index is 13.5. The quantitative estimate of drug-likeness (QED) is 0.0279. The predicted molar refractivity (Wildman–Crippen MR) is 197 cm³/mol. The molecular weight excluding hydrogens is 626 g/mol. The third kappa shape index (κ3) is 27.0. The Morgan fingerprint density at radius 3 is 1.37 bits per heavy atom. The molecule has 0 aromatic carbocycles. The molecule has 0 aromatic heterocycles. The molecular formula is C34H69N11O4. The summed E-state index contributed by atoms with van der Waals surface area (Å²) in [5, 5.41) is 28.3. The molecule has 0 aliphatic rings. The summed E-state index contributed by atoms with van der Waals surface area (Å²) in [6, 6.07) is -2.89. The van der Waals surface area contributed by atoms with E-state index in [1.165, 1.54) is 57.8 Å². The molecule has 15 N–H and O–H groups in total. The van der Waals surface area contributed by atoms with Crippen molar-refractivity contribution < 1.29 is 19.2 Å². The van der Waals surface area contributed by atoms with Crippen molar-refractivity contribution in [2.24, 2.45) is 22.9 Å².